The third-order valence-corrected chi connectivity index (χ3v) is 4.80. The normalized spacial score (nSPS) is 20.8. The molecule has 0 aromatic heterocycles. The molecular weight excluding hydrogens is 304 g/mol. The Labute approximate surface area is 145 Å². The SMILES string of the molecule is COc1ccc(CCNCC(=O)N2[C@H](C)CCC[C@@H]2C)cc1OC. The number of rotatable bonds is 7. The molecule has 1 N–H and O–H groups in total. The Hall–Kier alpha value is -1.75. The van der Waals surface area contributed by atoms with Gasteiger partial charge in [-0.2, -0.15) is 0 Å². The number of likely N-dealkylation sites (tertiary alicyclic amines) is 1. The third-order valence-electron chi connectivity index (χ3n) is 4.80. The molecule has 1 amide bonds. The molecule has 1 fully saturated rings. The van der Waals surface area contributed by atoms with Crippen molar-refractivity contribution in [1.29, 1.82) is 0 Å². The average molecular weight is 334 g/mol. The number of ether oxygens (including phenoxy) is 2. The minimum atomic E-state index is 0.210. The van der Waals surface area contributed by atoms with Crippen LogP contribution in [0.4, 0.5) is 0 Å². The molecule has 134 valence electrons. The van der Waals surface area contributed by atoms with Gasteiger partial charge >= 0.3 is 0 Å². The largest absolute Gasteiger partial charge is 0.493 e. The lowest BCUT2D eigenvalue weighted by molar-refractivity contribution is -0.136. The van der Waals surface area contributed by atoms with Gasteiger partial charge in [0, 0.05) is 12.1 Å². The lowest BCUT2D eigenvalue weighted by Crippen LogP contribution is -2.50. The van der Waals surface area contributed by atoms with Gasteiger partial charge < -0.3 is 19.7 Å². The van der Waals surface area contributed by atoms with Crippen molar-refractivity contribution in [3.8, 4) is 11.5 Å². The zero-order valence-corrected chi connectivity index (χ0v) is 15.3. The van der Waals surface area contributed by atoms with Gasteiger partial charge in [0.15, 0.2) is 11.5 Å². The minimum absolute atomic E-state index is 0.210. The van der Waals surface area contributed by atoms with Gasteiger partial charge in [0.1, 0.15) is 0 Å². The van der Waals surface area contributed by atoms with E-state index in [4.69, 9.17) is 9.47 Å². The smallest absolute Gasteiger partial charge is 0.237 e. The molecule has 2 rings (SSSR count). The van der Waals surface area contributed by atoms with Crippen LogP contribution in [0.2, 0.25) is 0 Å². The van der Waals surface area contributed by atoms with Crippen molar-refractivity contribution in [2.45, 2.75) is 51.6 Å². The summed E-state index contributed by atoms with van der Waals surface area (Å²) in [5, 5.41) is 3.27. The van der Waals surface area contributed by atoms with Gasteiger partial charge in [0.05, 0.1) is 20.8 Å². The van der Waals surface area contributed by atoms with Gasteiger partial charge in [-0.3, -0.25) is 4.79 Å². The second-order valence-electron chi connectivity index (χ2n) is 6.55. The van der Waals surface area contributed by atoms with Crippen molar-refractivity contribution >= 4 is 5.91 Å². The van der Waals surface area contributed by atoms with E-state index in [9.17, 15) is 4.79 Å². The number of methoxy groups -OCH3 is 2. The molecule has 1 aliphatic rings. The molecule has 0 spiro atoms. The van der Waals surface area contributed by atoms with Crippen LogP contribution in [-0.2, 0) is 11.2 Å². The number of nitrogens with zero attached hydrogens (tertiary/aromatic N) is 1. The number of hydrogen-bond donors (Lipinski definition) is 1. The minimum Gasteiger partial charge on any atom is -0.493 e. The number of benzene rings is 1. The predicted molar refractivity (Wildman–Crippen MR) is 95.7 cm³/mol. The van der Waals surface area contributed by atoms with E-state index in [0.717, 1.165) is 42.9 Å². The summed E-state index contributed by atoms with van der Waals surface area (Å²) >= 11 is 0. The van der Waals surface area contributed by atoms with E-state index in [-0.39, 0.29) is 5.91 Å². The van der Waals surface area contributed by atoms with Crippen LogP contribution in [0.25, 0.3) is 0 Å². The molecule has 5 nitrogen and oxygen atoms in total. The maximum absolute atomic E-state index is 12.4. The molecule has 1 aromatic rings. The third kappa shape index (κ3) is 4.63. The molecule has 1 saturated heterocycles. The van der Waals surface area contributed by atoms with Crippen molar-refractivity contribution in [1.82, 2.24) is 10.2 Å². The molecule has 1 aliphatic heterocycles. The van der Waals surface area contributed by atoms with Crippen LogP contribution in [0.3, 0.4) is 0 Å². The number of piperidine rings is 1. The molecule has 24 heavy (non-hydrogen) atoms. The zero-order chi connectivity index (χ0) is 17.5. The summed E-state index contributed by atoms with van der Waals surface area (Å²) in [6.45, 7) is 5.47. The highest BCUT2D eigenvalue weighted by Gasteiger charge is 2.28. The lowest BCUT2D eigenvalue weighted by Gasteiger charge is -2.39. The highest BCUT2D eigenvalue weighted by Crippen LogP contribution is 2.27. The Morgan fingerprint density at radius 2 is 1.83 bits per heavy atom. The molecule has 0 radical (unpaired) electrons. The Balaban J connectivity index is 1.79. The Morgan fingerprint density at radius 1 is 1.17 bits per heavy atom. The average Bonchev–Trinajstić information content (AvgIpc) is 2.58. The van der Waals surface area contributed by atoms with Crippen LogP contribution in [0.15, 0.2) is 18.2 Å². The fourth-order valence-corrected chi connectivity index (χ4v) is 3.47. The topological polar surface area (TPSA) is 50.8 Å². The first-order valence-electron chi connectivity index (χ1n) is 8.79. The first-order valence-corrected chi connectivity index (χ1v) is 8.79. The Kier molecular flexibility index (Phi) is 6.91. The fraction of sp³-hybridized carbons (Fsp3) is 0.632. The molecule has 2 atom stereocenters. The highest BCUT2D eigenvalue weighted by molar-refractivity contribution is 5.79. The number of hydrogen-bond acceptors (Lipinski definition) is 4. The van der Waals surface area contributed by atoms with Crippen LogP contribution in [0, 0.1) is 0 Å². The van der Waals surface area contributed by atoms with Crippen molar-refractivity contribution in [2.75, 3.05) is 27.3 Å². The van der Waals surface area contributed by atoms with Gasteiger partial charge in [-0.1, -0.05) is 6.07 Å². The number of carbonyl (C=O) groups is 1. The summed E-state index contributed by atoms with van der Waals surface area (Å²) in [6, 6.07) is 6.63. The molecule has 5 heteroatoms. The Morgan fingerprint density at radius 3 is 2.46 bits per heavy atom. The summed E-state index contributed by atoms with van der Waals surface area (Å²) in [6.07, 6.45) is 4.29. The first-order chi connectivity index (χ1) is 11.6. The maximum atomic E-state index is 12.4. The number of nitrogens with one attached hydrogen (secondary N) is 1. The second kappa shape index (κ2) is 8.92. The van der Waals surface area contributed by atoms with Crippen LogP contribution in [-0.4, -0.2) is 50.2 Å². The molecular formula is C19H30N2O3. The molecule has 1 heterocycles. The fourth-order valence-electron chi connectivity index (χ4n) is 3.47. The van der Waals surface area contributed by atoms with Gasteiger partial charge in [-0.25, -0.2) is 0 Å². The molecule has 0 saturated carbocycles. The van der Waals surface area contributed by atoms with Gasteiger partial charge in [0.25, 0.3) is 0 Å². The summed E-state index contributed by atoms with van der Waals surface area (Å²) in [5.41, 5.74) is 1.16. The van der Waals surface area contributed by atoms with E-state index >= 15 is 0 Å². The Bertz CT molecular complexity index is 537. The van der Waals surface area contributed by atoms with Crippen molar-refractivity contribution in [3.63, 3.8) is 0 Å². The van der Waals surface area contributed by atoms with E-state index in [1.807, 2.05) is 23.1 Å². The van der Waals surface area contributed by atoms with Gasteiger partial charge in [-0.15, -0.1) is 0 Å². The van der Waals surface area contributed by atoms with Crippen molar-refractivity contribution in [3.05, 3.63) is 23.8 Å². The van der Waals surface area contributed by atoms with E-state index in [2.05, 4.69) is 19.2 Å². The maximum Gasteiger partial charge on any atom is 0.237 e. The number of carbonyl (C=O) groups excluding carboxylic acids is 1. The van der Waals surface area contributed by atoms with Gasteiger partial charge in [0.2, 0.25) is 5.91 Å². The molecule has 0 unspecified atom stereocenters. The monoisotopic (exact) mass is 334 g/mol. The summed E-state index contributed by atoms with van der Waals surface area (Å²) in [5.74, 6) is 1.68. The standard InChI is InChI=1S/C19H30N2O3/c1-14-6-5-7-15(2)21(14)19(22)13-20-11-10-16-8-9-17(23-3)18(12-16)24-4/h8-9,12,14-15,20H,5-7,10-11,13H2,1-4H3/t14-,15+. The zero-order valence-electron chi connectivity index (χ0n) is 15.3. The van der Waals surface area contributed by atoms with Crippen LogP contribution < -0.4 is 14.8 Å². The quantitative estimate of drug-likeness (QED) is 0.779. The summed E-state index contributed by atoms with van der Waals surface area (Å²) < 4.78 is 10.6. The molecule has 0 bridgehead atoms. The van der Waals surface area contributed by atoms with Crippen molar-refractivity contribution in [2.24, 2.45) is 0 Å². The lowest BCUT2D eigenvalue weighted by atomic mass is 9.97. The first kappa shape index (κ1) is 18.6. The van der Waals surface area contributed by atoms with E-state index in [0.29, 0.717) is 18.6 Å². The van der Waals surface area contributed by atoms with Crippen LogP contribution >= 0.6 is 0 Å². The van der Waals surface area contributed by atoms with Crippen LogP contribution in [0.5, 0.6) is 11.5 Å². The van der Waals surface area contributed by atoms with Crippen LogP contribution in [0.1, 0.15) is 38.7 Å². The second-order valence-corrected chi connectivity index (χ2v) is 6.55. The van der Waals surface area contributed by atoms with E-state index in [1.165, 1.54) is 6.42 Å². The highest BCUT2D eigenvalue weighted by atomic mass is 16.5. The molecule has 0 aliphatic carbocycles. The van der Waals surface area contributed by atoms with E-state index < -0.39 is 0 Å². The summed E-state index contributed by atoms with van der Waals surface area (Å²) in [4.78, 5) is 14.5. The molecule has 1 aromatic carbocycles. The van der Waals surface area contributed by atoms with Crippen molar-refractivity contribution < 1.29 is 14.3 Å². The van der Waals surface area contributed by atoms with E-state index in [1.54, 1.807) is 14.2 Å². The predicted octanol–water partition coefficient (Wildman–Crippen LogP) is 2.63. The summed E-state index contributed by atoms with van der Waals surface area (Å²) in [7, 11) is 3.27. The number of amides is 1. The van der Waals surface area contributed by atoms with Gasteiger partial charge in [-0.05, 0) is 63.8 Å².